The van der Waals surface area contributed by atoms with E-state index in [-0.39, 0.29) is 11.3 Å². The number of carbonyl (C=O) groups excluding carboxylic acids is 4. The summed E-state index contributed by atoms with van der Waals surface area (Å²) in [6.45, 7) is 14.6. The van der Waals surface area contributed by atoms with Gasteiger partial charge in [-0.2, -0.15) is 0 Å². The van der Waals surface area contributed by atoms with Gasteiger partial charge >= 0.3 is 17.9 Å². The lowest BCUT2D eigenvalue weighted by Crippen LogP contribution is -2.13. The molecule has 0 atom stereocenters. The molecule has 0 aliphatic carbocycles. The van der Waals surface area contributed by atoms with E-state index in [9.17, 15) is 19.2 Å². The van der Waals surface area contributed by atoms with Crippen molar-refractivity contribution in [1.29, 1.82) is 0 Å². The second-order valence-electron chi connectivity index (χ2n) is 19.6. The highest BCUT2D eigenvalue weighted by atomic mass is 16.6. The number of aryl methyl sites for hydroxylation is 1. The molecule has 0 saturated heterocycles. The third kappa shape index (κ3) is 19.2. The van der Waals surface area contributed by atoms with Gasteiger partial charge in [-0.1, -0.05) is 137 Å². The molecule has 79 heavy (non-hydrogen) atoms. The molecule has 0 fully saturated rings. The predicted molar refractivity (Wildman–Crippen MR) is 315 cm³/mol. The zero-order chi connectivity index (χ0) is 56.2. The average Bonchev–Trinajstić information content (AvgIpc) is 3.55. The summed E-state index contributed by atoms with van der Waals surface area (Å²) in [7, 11) is 1.68. The molecule has 0 radical (unpaired) electrons. The molecule has 0 heterocycles. The van der Waals surface area contributed by atoms with E-state index in [0.717, 1.165) is 139 Å². The molecule has 0 aliphatic heterocycles. The van der Waals surface area contributed by atoms with Gasteiger partial charge in [0.05, 0.1) is 45.7 Å². The van der Waals surface area contributed by atoms with Crippen molar-refractivity contribution in [2.24, 2.45) is 0 Å². The van der Waals surface area contributed by atoms with Crippen LogP contribution in [0.25, 0.3) is 44.5 Å². The summed E-state index contributed by atoms with van der Waals surface area (Å²) in [6, 6.07) is 39.3. The van der Waals surface area contributed by atoms with E-state index in [0.29, 0.717) is 61.6 Å². The van der Waals surface area contributed by atoms with Gasteiger partial charge in [-0.25, -0.2) is 14.4 Å². The Morgan fingerprint density at radius 3 is 1.20 bits per heavy atom. The van der Waals surface area contributed by atoms with Gasteiger partial charge in [0.1, 0.15) is 22.8 Å². The molecule has 0 aromatic heterocycles. The minimum absolute atomic E-state index is 0.0986. The number of carbonyl (C=O) groups is 4. The number of benzene rings is 6. The molecule has 416 valence electrons. The lowest BCUT2D eigenvalue weighted by molar-refractivity contribution is -0.138. The zero-order valence-corrected chi connectivity index (χ0v) is 46.7. The average molecular weight is 1070 g/mol. The first-order valence-electron chi connectivity index (χ1n) is 28.0. The van der Waals surface area contributed by atoms with Crippen molar-refractivity contribution in [2.75, 3.05) is 40.1 Å². The molecule has 0 spiro atoms. The van der Waals surface area contributed by atoms with Gasteiger partial charge in [0, 0.05) is 12.2 Å². The highest BCUT2D eigenvalue weighted by Gasteiger charge is 2.21. The fourth-order valence-corrected chi connectivity index (χ4v) is 9.04. The van der Waals surface area contributed by atoms with Gasteiger partial charge in [-0.3, -0.25) is 4.79 Å². The quantitative estimate of drug-likeness (QED) is 0.0124. The third-order valence-electron chi connectivity index (χ3n) is 13.6. The Balaban J connectivity index is 1.22. The summed E-state index contributed by atoms with van der Waals surface area (Å²) in [6.07, 6.45) is 16.8. The Labute approximate surface area is 467 Å². The monoisotopic (exact) mass is 1070 g/mol. The molecule has 0 unspecified atom stereocenters. The standard InChI is InChI=1S/C68H78O11/c1-7-10-11-12-13-14-19-42-76-63-39-36-58(54-32-30-53(31-33-54)57-25-24-49(4)64(47-57)73-6)48-65(63)79-68(72)60-46-56(35-38-62(60)75-41-21-16-18-23-44-78-67(71)9-3)52-28-26-51(27-29-52)55-34-37-61(59(45-55)50(5)69)74-40-20-15-17-22-43-77-66(70)8-2/h8-9,24-39,45-48H,2-3,7,10-23,40-44H2,1,4-6H3. The van der Waals surface area contributed by atoms with Crippen LogP contribution in [0.4, 0.5) is 0 Å². The van der Waals surface area contributed by atoms with Crippen LogP contribution in [0.15, 0.2) is 147 Å². The van der Waals surface area contributed by atoms with Gasteiger partial charge in [0.15, 0.2) is 17.3 Å². The molecule has 6 aromatic carbocycles. The van der Waals surface area contributed by atoms with Gasteiger partial charge in [-0.15, -0.1) is 0 Å². The van der Waals surface area contributed by atoms with Crippen molar-refractivity contribution >= 4 is 23.7 Å². The Morgan fingerprint density at radius 1 is 0.405 bits per heavy atom. The summed E-state index contributed by atoms with van der Waals surface area (Å²) >= 11 is 0. The van der Waals surface area contributed by atoms with Crippen molar-refractivity contribution in [3.8, 4) is 73.3 Å². The molecule has 6 aromatic rings. The summed E-state index contributed by atoms with van der Waals surface area (Å²) in [4.78, 5) is 50.3. The lowest BCUT2D eigenvalue weighted by Gasteiger charge is -2.16. The number of unbranched alkanes of at least 4 members (excludes halogenated alkanes) is 12. The molecule has 11 nitrogen and oxygen atoms in total. The smallest absolute Gasteiger partial charge is 0.347 e. The highest BCUT2D eigenvalue weighted by molar-refractivity contribution is 5.98. The minimum Gasteiger partial charge on any atom is -0.496 e. The number of Topliss-reactive ketones (excluding diaryl/α,β-unsaturated/α-hetero) is 1. The Morgan fingerprint density at radius 2 is 0.759 bits per heavy atom. The number of hydrogen-bond acceptors (Lipinski definition) is 11. The van der Waals surface area contributed by atoms with Crippen LogP contribution in [0.3, 0.4) is 0 Å². The highest BCUT2D eigenvalue weighted by Crippen LogP contribution is 2.37. The number of ketones is 1. The fourth-order valence-electron chi connectivity index (χ4n) is 9.04. The summed E-state index contributed by atoms with van der Waals surface area (Å²) < 4.78 is 41.0. The molecule has 0 aliphatic rings. The molecule has 0 bridgehead atoms. The number of hydrogen-bond donors (Lipinski definition) is 0. The maximum absolute atomic E-state index is 14.7. The van der Waals surface area contributed by atoms with E-state index in [1.807, 2.05) is 85.8 Å². The number of esters is 3. The Hall–Kier alpha value is -7.92. The van der Waals surface area contributed by atoms with Gasteiger partial charge in [-0.05, 0) is 164 Å². The van der Waals surface area contributed by atoms with Crippen LogP contribution in [-0.2, 0) is 19.1 Å². The van der Waals surface area contributed by atoms with Crippen molar-refractivity contribution in [2.45, 2.75) is 117 Å². The minimum atomic E-state index is -0.593. The van der Waals surface area contributed by atoms with Crippen LogP contribution in [0.1, 0.15) is 136 Å². The Bertz CT molecular complexity index is 2940. The number of ether oxygens (including phenoxy) is 7. The molecule has 0 saturated carbocycles. The van der Waals surface area contributed by atoms with Crippen molar-refractivity contribution < 1.29 is 52.3 Å². The maximum atomic E-state index is 14.7. The first-order chi connectivity index (χ1) is 38.5. The second-order valence-corrected chi connectivity index (χ2v) is 19.6. The largest absolute Gasteiger partial charge is 0.496 e. The number of methoxy groups -OCH3 is 1. The van der Waals surface area contributed by atoms with Crippen LogP contribution in [0.2, 0.25) is 0 Å². The van der Waals surface area contributed by atoms with Crippen molar-refractivity contribution in [3.63, 3.8) is 0 Å². The lowest BCUT2D eigenvalue weighted by atomic mass is 9.97. The molecular weight excluding hydrogens is 993 g/mol. The SMILES string of the molecule is C=CC(=O)OCCCCCCOc1ccc(-c2ccc(-c3ccc(OCCCCCCOC(=O)C=C)c(C(=O)Oc4cc(-c5ccc(-c6ccc(C)c(OC)c6)cc5)ccc4OCCCCCCCCC)c3)cc2)cc1C(C)=O. The van der Waals surface area contributed by atoms with E-state index >= 15 is 0 Å². The van der Waals surface area contributed by atoms with Gasteiger partial charge < -0.3 is 33.2 Å². The molecule has 0 N–H and O–H groups in total. The van der Waals surface area contributed by atoms with Gasteiger partial charge in [0.2, 0.25) is 0 Å². The van der Waals surface area contributed by atoms with E-state index in [4.69, 9.17) is 33.2 Å². The van der Waals surface area contributed by atoms with E-state index in [1.54, 1.807) is 13.2 Å². The van der Waals surface area contributed by atoms with E-state index in [1.165, 1.54) is 32.6 Å². The molecular formula is C68H78O11. The van der Waals surface area contributed by atoms with E-state index < -0.39 is 17.9 Å². The van der Waals surface area contributed by atoms with E-state index in [2.05, 4.69) is 56.5 Å². The van der Waals surface area contributed by atoms with Crippen LogP contribution in [-0.4, -0.2) is 63.8 Å². The predicted octanol–water partition coefficient (Wildman–Crippen LogP) is 16.6. The number of rotatable bonds is 35. The van der Waals surface area contributed by atoms with Crippen LogP contribution >= 0.6 is 0 Å². The molecule has 11 heteroatoms. The summed E-state index contributed by atoms with van der Waals surface area (Å²) in [5, 5.41) is 0. The second kappa shape index (κ2) is 32.7. The zero-order valence-electron chi connectivity index (χ0n) is 46.7. The topological polar surface area (TPSA) is 133 Å². The van der Waals surface area contributed by atoms with Crippen LogP contribution in [0, 0.1) is 6.92 Å². The maximum Gasteiger partial charge on any atom is 0.347 e. The summed E-state index contributed by atoms with van der Waals surface area (Å²) in [5.41, 5.74) is 9.12. The fraction of sp³-hybridized carbons (Fsp3) is 0.353. The first kappa shape index (κ1) is 60.3. The molecule has 6 rings (SSSR count). The molecule has 0 amide bonds. The van der Waals surface area contributed by atoms with Crippen LogP contribution in [0.5, 0.6) is 28.7 Å². The van der Waals surface area contributed by atoms with Crippen molar-refractivity contribution in [1.82, 2.24) is 0 Å². The van der Waals surface area contributed by atoms with Crippen LogP contribution < -0.4 is 23.7 Å². The first-order valence-corrected chi connectivity index (χ1v) is 28.0. The normalized spacial score (nSPS) is 10.8. The third-order valence-corrected chi connectivity index (χ3v) is 13.6. The Kier molecular flexibility index (Phi) is 25.0. The summed E-state index contributed by atoms with van der Waals surface area (Å²) in [5.74, 6) is 0.994. The van der Waals surface area contributed by atoms with Gasteiger partial charge in [0.25, 0.3) is 0 Å². The van der Waals surface area contributed by atoms with Crippen molar-refractivity contribution in [3.05, 3.63) is 163 Å².